The Kier molecular flexibility index (Phi) is 4.01. The summed E-state index contributed by atoms with van der Waals surface area (Å²) in [5, 5.41) is 13.9. The van der Waals surface area contributed by atoms with Crippen molar-refractivity contribution < 1.29 is 9.34 Å². The van der Waals surface area contributed by atoms with Crippen LogP contribution >= 0.6 is 0 Å². The maximum atomic E-state index is 10.5. The Bertz CT molecular complexity index is 416. The third-order valence-electron chi connectivity index (χ3n) is 3.99. The maximum absolute atomic E-state index is 10.5. The highest BCUT2D eigenvalue weighted by Crippen LogP contribution is 2.29. The Balaban J connectivity index is 1.82. The van der Waals surface area contributed by atoms with E-state index in [1.807, 2.05) is 0 Å². The molecule has 1 aromatic rings. The highest BCUT2D eigenvalue weighted by atomic mass is 16.6. The topological polar surface area (TPSA) is 68.3 Å². The molecule has 0 bridgehead atoms. The van der Waals surface area contributed by atoms with Crippen LogP contribution in [0.1, 0.15) is 38.9 Å². The fourth-order valence-corrected chi connectivity index (χ4v) is 2.54. The molecular formula is C13H20N2O3. The highest BCUT2D eigenvalue weighted by Gasteiger charge is 2.24. The van der Waals surface area contributed by atoms with Crippen LogP contribution in [0.25, 0.3) is 0 Å². The number of nitrogens with one attached hydrogen (secondary N) is 1. The van der Waals surface area contributed by atoms with Gasteiger partial charge in [0.25, 0.3) is 0 Å². The van der Waals surface area contributed by atoms with Crippen LogP contribution in [0.4, 0.5) is 5.88 Å². The Morgan fingerprint density at radius 2 is 2.17 bits per heavy atom. The van der Waals surface area contributed by atoms with E-state index in [1.54, 1.807) is 6.07 Å². The van der Waals surface area contributed by atoms with E-state index in [4.69, 9.17) is 4.42 Å². The van der Waals surface area contributed by atoms with Gasteiger partial charge in [0.2, 0.25) is 0 Å². The predicted molar refractivity (Wildman–Crippen MR) is 68.2 cm³/mol. The van der Waals surface area contributed by atoms with E-state index in [1.165, 1.54) is 25.3 Å². The smallest absolute Gasteiger partial charge is 0.404 e. The molecular weight excluding hydrogens is 232 g/mol. The van der Waals surface area contributed by atoms with Crippen molar-refractivity contribution in [3.05, 3.63) is 28.0 Å². The minimum Gasteiger partial charge on any atom is -0.404 e. The lowest BCUT2D eigenvalue weighted by atomic mass is 9.79. The third-order valence-corrected chi connectivity index (χ3v) is 3.99. The molecule has 1 fully saturated rings. The second-order valence-electron chi connectivity index (χ2n) is 5.34. The predicted octanol–water partition coefficient (Wildman–Crippen LogP) is 3.10. The van der Waals surface area contributed by atoms with E-state index >= 15 is 0 Å². The van der Waals surface area contributed by atoms with Crippen molar-refractivity contribution in [2.45, 2.75) is 45.7 Å². The Hall–Kier alpha value is -1.36. The minimum atomic E-state index is -0.506. The second-order valence-corrected chi connectivity index (χ2v) is 5.34. The van der Waals surface area contributed by atoms with Gasteiger partial charge in [0, 0.05) is 6.04 Å². The molecule has 0 spiro atoms. The lowest BCUT2D eigenvalue weighted by molar-refractivity contribution is -0.402. The molecule has 0 aliphatic heterocycles. The molecule has 5 heteroatoms. The van der Waals surface area contributed by atoms with Crippen LogP contribution in [0.3, 0.4) is 0 Å². The average Bonchev–Trinajstić information content (AvgIpc) is 2.79. The van der Waals surface area contributed by atoms with Crippen molar-refractivity contribution >= 4 is 5.88 Å². The van der Waals surface area contributed by atoms with E-state index in [0.29, 0.717) is 18.3 Å². The molecule has 1 aliphatic rings. The maximum Gasteiger partial charge on any atom is 0.433 e. The first kappa shape index (κ1) is 13.1. The van der Waals surface area contributed by atoms with Crippen molar-refractivity contribution in [3.8, 4) is 0 Å². The molecule has 1 saturated carbocycles. The third kappa shape index (κ3) is 3.10. The summed E-state index contributed by atoms with van der Waals surface area (Å²) in [5.74, 6) is 1.99. The summed E-state index contributed by atoms with van der Waals surface area (Å²) < 4.78 is 5.12. The van der Waals surface area contributed by atoms with E-state index < -0.39 is 4.92 Å². The zero-order valence-electron chi connectivity index (χ0n) is 10.9. The molecule has 3 unspecified atom stereocenters. The Labute approximate surface area is 107 Å². The minimum absolute atomic E-state index is 0.183. The van der Waals surface area contributed by atoms with Crippen molar-refractivity contribution in [1.29, 1.82) is 0 Å². The van der Waals surface area contributed by atoms with Gasteiger partial charge in [0.1, 0.15) is 10.7 Å². The monoisotopic (exact) mass is 252 g/mol. The van der Waals surface area contributed by atoms with Gasteiger partial charge in [-0.1, -0.05) is 13.8 Å². The summed E-state index contributed by atoms with van der Waals surface area (Å²) in [6.45, 7) is 5.16. The van der Waals surface area contributed by atoms with Crippen molar-refractivity contribution in [1.82, 2.24) is 5.32 Å². The van der Waals surface area contributed by atoms with Gasteiger partial charge in [-0.3, -0.25) is 10.1 Å². The zero-order valence-corrected chi connectivity index (χ0v) is 10.9. The number of hydrogen-bond acceptors (Lipinski definition) is 4. The standard InChI is InChI=1S/C13H20N2O3/c1-9-3-4-11(7-10(9)2)14-8-12-5-6-13(18-12)15(16)17/h5-6,9-11,14H,3-4,7-8H2,1-2H3. The van der Waals surface area contributed by atoms with E-state index in [2.05, 4.69) is 19.2 Å². The van der Waals surface area contributed by atoms with E-state index in [0.717, 1.165) is 11.8 Å². The summed E-state index contributed by atoms with van der Waals surface area (Å²) in [4.78, 5) is 9.98. The van der Waals surface area contributed by atoms with Crippen LogP contribution in [0.2, 0.25) is 0 Å². The summed E-state index contributed by atoms with van der Waals surface area (Å²) >= 11 is 0. The second kappa shape index (κ2) is 5.52. The molecule has 100 valence electrons. The van der Waals surface area contributed by atoms with Crippen LogP contribution < -0.4 is 5.32 Å². The largest absolute Gasteiger partial charge is 0.433 e. The molecule has 1 aromatic heterocycles. The number of rotatable bonds is 4. The number of nitrogens with zero attached hydrogens (tertiary/aromatic N) is 1. The van der Waals surface area contributed by atoms with Gasteiger partial charge in [-0.15, -0.1) is 0 Å². The molecule has 3 atom stereocenters. The quantitative estimate of drug-likeness (QED) is 0.660. The van der Waals surface area contributed by atoms with Crippen LogP contribution in [-0.4, -0.2) is 11.0 Å². The molecule has 2 rings (SSSR count). The summed E-state index contributed by atoms with van der Waals surface area (Å²) in [6, 6.07) is 3.57. The van der Waals surface area contributed by atoms with Gasteiger partial charge < -0.3 is 9.73 Å². The molecule has 1 N–H and O–H groups in total. The Morgan fingerprint density at radius 3 is 2.78 bits per heavy atom. The molecule has 0 aromatic carbocycles. The highest BCUT2D eigenvalue weighted by molar-refractivity contribution is 5.17. The number of furan rings is 1. The Morgan fingerprint density at radius 1 is 1.39 bits per heavy atom. The molecule has 5 nitrogen and oxygen atoms in total. The molecule has 0 saturated heterocycles. The molecule has 1 aliphatic carbocycles. The van der Waals surface area contributed by atoms with E-state index in [-0.39, 0.29) is 5.88 Å². The van der Waals surface area contributed by atoms with Gasteiger partial charge in [-0.2, -0.15) is 0 Å². The van der Waals surface area contributed by atoms with Crippen molar-refractivity contribution in [3.63, 3.8) is 0 Å². The molecule has 0 amide bonds. The van der Waals surface area contributed by atoms with Crippen LogP contribution in [0.15, 0.2) is 16.5 Å². The molecule has 0 radical (unpaired) electrons. The van der Waals surface area contributed by atoms with Crippen LogP contribution in [-0.2, 0) is 6.54 Å². The lowest BCUT2D eigenvalue weighted by Gasteiger charge is -2.32. The van der Waals surface area contributed by atoms with E-state index in [9.17, 15) is 10.1 Å². The van der Waals surface area contributed by atoms with Crippen LogP contribution in [0, 0.1) is 22.0 Å². The number of hydrogen-bond donors (Lipinski definition) is 1. The summed E-state index contributed by atoms with van der Waals surface area (Å²) in [7, 11) is 0. The van der Waals surface area contributed by atoms with Gasteiger partial charge in [0.15, 0.2) is 0 Å². The fraction of sp³-hybridized carbons (Fsp3) is 0.692. The summed E-state index contributed by atoms with van der Waals surface area (Å²) in [5.41, 5.74) is 0. The fourth-order valence-electron chi connectivity index (χ4n) is 2.54. The zero-order chi connectivity index (χ0) is 13.1. The van der Waals surface area contributed by atoms with Gasteiger partial charge in [-0.05, 0) is 37.2 Å². The van der Waals surface area contributed by atoms with Gasteiger partial charge >= 0.3 is 5.88 Å². The van der Waals surface area contributed by atoms with Crippen molar-refractivity contribution in [2.24, 2.45) is 11.8 Å². The normalized spacial score (nSPS) is 28.2. The lowest BCUT2D eigenvalue weighted by Crippen LogP contribution is -2.35. The molecule has 1 heterocycles. The number of nitro groups is 1. The average molecular weight is 252 g/mol. The first-order valence-electron chi connectivity index (χ1n) is 6.52. The van der Waals surface area contributed by atoms with Gasteiger partial charge in [0.05, 0.1) is 12.6 Å². The van der Waals surface area contributed by atoms with Crippen molar-refractivity contribution in [2.75, 3.05) is 0 Å². The van der Waals surface area contributed by atoms with Crippen LogP contribution in [0.5, 0.6) is 0 Å². The van der Waals surface area contributed by atoms with Gasteiger partial charge in [-0.25, -0.2) is 0 Å². The first-order valence-corrected chi connectivity index (χ1v) is 6.52. The first-order chi connectivity index (χ1) is 8.56. The summed E-state index contributed by atoms with van der Waals surface area (Å²) in [6.07, 6.45) is 3.59. The molecule has 18 heavy (non-hydrogen) atoms. The SMILES string of the molecule is CC1CCC(NCc2ccc([N+](=O)[O-])o2)CC1C.